The van der Waals surface area contributed by atoms with Gasteiger partial charge in [-0.1, -0.05) is 72.9 Å². The number of piperazine rings is 1. The molecule has 1 fully saturated rings. The van der Waals surface area contributed by atoms with Gasteiger partial charge in [0.1, 0.15) is 0 Å². The standard InChI is InChI=1S/C25H25Cl3N2O2S/c1-17(2)18-5-10-22(11-6-18)33(31,32)29-13-14-30(24-12-9-21(27)15-23(24)28)25(16-29)19-3-7-20(26)8-4-19/h3-12,15,17,25H,13-14,16H2,1-2H3. The number of hydrogen-bond donors (Lipinski definition) is 0. The number of nitrogens with zero attached hydrogens (tertiary/aromatic N) is 2. The van der Waals surface area contributed by atoms with Gasteiger partial charge in [-0.25, -0.2) is 8.42 Å². The Morgan fingerprint density at radius 2 is 1.48 bits per heavy atom. The molecule has 0 N–H and O–H groups in total. The maximum absolute atomic E-state index is 13.5. The van der Waals surface area contributed by atoms with Crippen molar-refractivity contribution in [3.8, 4) is 0 Å². The lowest BCUT2D eigenvalue weighted by molar-refractivity contribution is 0.335. The highest BCUT2D eigenvalue weighted by Gasteiger charge is 2.36. The van der Waals surface area contributed by atoms with Crippen LogP contribution in [-0.2, 0) is 10.0 Å². The van der Waals surface area contributed by atoms with Crippen LogP contribution < -0.4 is 4.90 Å². The van der Waals surface area contributed by atoms with Crippen LogP contribution in [0.1, 0.15) is 36.9 Å². The molecule has 1 saturated heterocycles. The van der Waals surface area contributed by atoms with Gasteiger partial charge in [-0.05, 0) is 59.5 Å². The summed E-state index contributed by atoms with van der Waals surface area (Å²) in [6.07, 6.45) is 0. The summed E-state index contributed by atoms with van der Waals surface area (Å²) in [5.74, 6) is 0.337. The second kappa shape index (κ2) is 9.85. The predicted octanol–water partition coefficient (Wildman–Crippen LogP) is 7.02. The average molecular weight is 524 g/mol. The van der Waals surface area contributed by atoms with Gasteiger partial charge in [0.15, 0.2) is 0 Å². The second-order valence-electron chi connectivity index (χ2n) is 8.44. The fourth-order valence-electron chi connectivity index (χ4n) is 4.12. The van der Waals surface area contributed by atoms with E-state index in [1.807, 2.05) is 42.5 Å². The number of anilines is 1. The fourth-order valence-corrected chi connectivity index (χ4v) is 6.20. The number of sulfonamides is 1. The monoisotopic (exact) mass is 522 g/mol. The zero-order valence-corrected chi connectivity index (χ0v) is 21.5. The van der Waals surface area contributed by atoms with Crippen molar-refractivity contribution in [1.82, 2.24) is 4.31 Å². The molecular weight excluding hydrogens is 499 g/mol. The van der Waals surface area contributed by atoms with Crippen molar-refractivity contribution in [3.63, 3.8) is 0 Å². The Morgan fingerprint density at radius 1 is 0.848 bits per heavy atom. The topological polar surface area (TPSA) is 40.6 Å². The fraction of sp³-hybridized carbons (Fsp3) is 0.280. The van der Waals surface area contributed by atoms with Crippen molar-refractivity contribution in [1.29, 1.82) is 0 Å². The summed E-state index contributed by atoms with van der Waals surface area (Å²) < 4.78 is 28.5. The van der Waals surface area contributed by atoms with Gasteiger partial charge in [0, 0.05) is 29.7 Å². The summed E-state index contributed by atoms with van der Waals surface area (Å²) in [6.45, 7) is 5.28. The lowest BCUT2D eigenvalue weighted by atomic mass is 10.0. The van der Waals surface area contributed by atoms with Crippen molar-refractivity contribution in [2.24, 2.45) is 0 Å². The van der Waals surface area contributed by atoms with Crippen LogP contribution in [0.2, 0.25) is 15.1 Å². The van der Waals surface area contributed by atoms with Gasteiger partial charge in [0.25, 0.3) is 0 Å². The van der Waals surface area contributed by atoms with Gasteiger partial charge in [0.2, 0.25) is 10.0 Å². The molecule has 1 atom stereocenters. The third kappa shape index (κ3) is 5.18. The van der Waals surface area contributed by atoms with Gasteiger partial charge in [-0.2, -0.15) is 4.31 Å². The molecule has 8 heteroatoms. The van der Waals surface area contributed by atoms with E-state index in [4.69, 9.17) is 34.8 Å². The molecule has 0 spiro atoms. The summed E-state index contributed by atoms with van der Waals surface area (Å²) in [6, 6.07) is 19.8. The minimum Gasteiger partial charge on any atom is -0.361 e. The van der Waals surface area contributed by atoms with Crippen LogP contribution in [-0.4, -0.2) is 32.4 Å². The van der Waals surface area contributed by atoms with Crippen LogP contribution in [0.3, 0.4) is 0 Å². The minimum absolute atomic E-state index is 0.237. The number of halogens is 3. The summed E-state index contributed by atoms with van der Waals surface area (Å²) >= 11 is 18.7. The van der Waals surface area contributed by atoms with Gasteiger partial charge in [0.05, 0.1) is 21.6 Å². The zero-order valence-electron chi connectivity index (χ0n) is 18.4. The van der Waals surface area contributed by atoms with Crippen molar-refractivity contribution >= 4 is 50.5 Å². The minimum atomic E-state index is -3.65. The quantitative estimate of drug-likeness (QED) is 0.361. The van der Waals surface area contributed by atoms with E-state index < -0.39 is 10.0 Å². The van der Waals surface area contributed by atoms with E-state index in [-0.39, 0.29) is 12.6 Å². The Bertz CT molecular complexity index is 1230. The molecule has 0 bridgehead atoms. The normalized spacial score (nSPS) is 17.5. The number of benzene rings is 3. The van der Waals surface area contributed by atoms with Crippen LogP contribution >= 0.6 is 34.8 Å². The summed E-state index contributed by atoms with van der Waals surface area (Å²) in [5, 5.41) is 1.71. The molecule has 1 aliphatic heterocycles. The lowest BCUT2D eigenvalue weighted by Crippen LogP contribution is -2.50. The lowest BCUT2D eigenvalue weighted by Gasteiger charge is -2.42. The van der Waals surface area contributed by atoms with E-state index >= 15 is 0 Å². The van der Waals surface area contributed by atoms with Crippen LogP contribution in [0.25, 0.3) is 0 Å². The number of hydrogen-bond acceptors (Lipinski definition) is 3. The first-order chi connectivity index (χ1) is 15.7. The summed E-state index contributed by atoms with van der Waals surface area (Å²) in [4.78, 5) is 2.44. The van der Waals surface area contributed by atoms with Crippen molar-refractivity contribution in [2.45, 2.75) is 30.7 Å². The first-order valence-electron chi connectivity index (χ1n) is 10.7. The van der Waals surface area contributed by atoms with Gasteiger partial charge in [-0.15, -0.1) is 0 Å². The van der Waals surface area contributed by atoms with E-state index in [0.29, 0.717) is 39.0 Å². The molecule has 0 radical (unpaired) electrons. The van der Waals surface area contributed by atoms with Crippen LogP contribution in [0.15, 0.2) is 71.6 Å². The average Bonchev–Trinajstić information content (AvgIpc) is 2.79. The molecule has 4 nitrogen and oxygen atoms in total. The van der Waals surface area contributed by atoms with E-state index in [2.05, 4.69) is 18.7 Å². The highest BCUT2D eigenvalue weighted by Crippen LogP contribution is 2.38. The van der Waals surface area contributed by atoms with E-state index in [9.17, 15) is 8.42 Å². The Labute approximate surface area is 210 Å². The largest absolute Gasteiger partial charge is 0.361 e. The molecule has 3 aromatic carbocycles. The maximum Gasteiger partial charge on any atom is 0.243 e. The maximum atomic E-state index is 13.5. The highest BCUT2D eigenvalue weighted by atomic mass is 35.5. The van der Waals surface area contributed by atoms with Gasteiger partial charge < -0.3 is 4.90 Å². The van der Waals surface area contributed by atoms with Crippen molar-refractivity contribution < 1.29 is 8.42 Å². The summed E-state index contributed by atoms with van der Waals surface area (Å²) in [7, 11) is -3.65. The van der Waals surface area contributed by atoms with E-state index in [1.54, 1.807) is 28.6 Å². The SMILES string of the molecule is CC(C)c1ccc(S(=O)(=O)N2CCN(c3ccc(Cl)cc3Cl)C(c3ccc(Cl)cc3)C2)cc1. The van der Waals surface area contributed by atoms with Gasteiger partial charge in [-0.3, -0.25) is 0 Å². The molecule has 3 aromatic rings. The Morgan fingerprint density at radius 3 is 2.09 bits per heavy atom. The van der Waals surface area contributed by atoms with Crippen LogP contribution in [0, 0.1) is 0 Å². The van der Waals surface area contributed by atoms with Crippen molar-refractivity contribution in [2.75, 3.05) is 24.5 Å². The van der Waals surface area contributed by atoms with Gasteiger partial charge >= 0.3 is 0 Å². The molecule has 1 unspecified atom stereocenters. The molecule has 4 rings (SSSR count). The first kappa shape index (κ1) is 24.4. The Balaban J connectivity index is 1.69. The molecular formula is C25H25Cl3N2O2S. The molecule has 1 heterocycles. The molecule has 0 amide bonds. The van der Waals surface area contributed by atoms with E-state index in [1.165, 1.54) is 0 Å². The molecule has 0 aliphatic carbocycles. The third-order valence-electron chi connectivity index (χ3n) is 6.00. The highest BCUT2D eigenvalue weighted by molar-refractivity contribution is 7.89. The molecule has 0 aromatic heterocycles. The molecule has 0 saturated carbocycles. The molecule has 33 heavy (non-hydrogen) atoms. The Hall–Kier alpha value is -1.76. The first-order valence-corrected chi connectivity index (χ1v) is 13.3. The third-order valence-corrected chi connectivity index (χ3v) is 8.67. The van der Waals surface area contributed by atoms with Crippen molar-refractivity contribution in [3.05, 3.63) is 92.9 Å². The van der Waals surface area contributed by atoms with Crippen LogP contribution in [0.5, 0.6) is 0 Å². The van der Waals surface area contributed by atoms with Crippen LogP contribution in [0.4, 0.5) is 5.69 Å². The zero-order chi connectivity index (χ0) is 23.8. The molecule has 1 aliphatic rings. The second-order valence-corrected chi connectivity index (χ2v) is 11.7. The predicted molar refractivity (Wildman–Crippen MR) is 137 cm³/mol. The smallest absolute Gasteiger partial charge is 0.243 e. The number of rotatable bonds is 5. The Kier molecular flexibility index (Phi) is 7.27. The summed E-state index contributed by atoms with van der Waals surface area (Å²) in [5.41, 5.74) is 2.88. The molecule has 174 valence electrons. The van der Waals surface area contributed by atoms with E-state index in [0.717, 1.165) is 16.8 Å².